The Morgan fingerprint density at radius 2 is 1.80 bits per heavy atom. The second-order valence-electron chi connectivity index (χ2n) is 11.1. The number of piperazine rings is 1. The van der Waals surface area contributed by atoms with E-state index in [2.05, 4.69) is 52.9 Å². The number of fused-ring (bicyclic) bond motifs is 2. The largest absolute Gasteiger partial charge is 0.485 e. The maximum absolute atomic E-state index is 11.5. The van der Waals surface area contributed by atoms with Crippen molar-refractivity contribution in [3.05, 3.63) is 89.6 Å². The predicted molar refractivity (Wildman–Crippen MR) is 158 cm³/mol. The van der Waals surface area contributed by atoms with Crippen LogP contribution in [0.3, 0.4) is 0 Å². The lowest BCUT2D eigenvalue weighted by atomic mass is 9.95. The van der Waals surface area contributed by atoms with Crippen molar-refractivity contribution < 1.29 is 14.6 Å². The number of carboxylic acid groups (broad SMARTS) is 1. The number of aromatic nitrogens is 1. The zero-order valence-electron chi connectivity index (χ0n) is 23.1. The number of benzene rings is 3. The Hall–Kier alpha value is -3.94. The number of carboxylic acids is 1. The van der Waals surface area contributed by atoms with Crippen LogP contribution in [0.4, 0.5) is 5.82 Å². The van der Waals surface area contributed by atoms with E-state index in [0.717, 1.165) is 60.1 Å². The number of aliphatic carboxylic acids is 1. The third kappa shape index (κ3) is 5.03. The van der Waals surface area contributed by atoms with Gasteiger partial charge >= 0.3 is 5.97 Å². The molecular weight excluding hydrogens is 500 g/mol. The molecule has 1 aromatic heterocycles. The number of ether oxygens (including phenoxy) is 1. The summed E-state index contributed by atoms with van der Waals surface area (Å²) >= 11 is 0. The van der Waals surface area contributed by atoms with Gasteiger partial charge in [-0.3, -0.25) is 14.6 Å². The SMILES string of the molecule is CC(C)N1CCN(C2CC(Oc3ccccc3CC(=O)O)c3cc(-c4cccc5c(N)nccc45)ccc32)CC1. The third-order valence-electron chi connectivity index (χ3n) is 8.48. The van der Waals surface area contributed by atoms with Crippen molar-refractivity contribution in [1.82, 2.24) is 14.8 Å². The summed E-state index contributed by atoms with van der Waals surface area (Å²) in [5.74, 6) is 0.300. The van der Waals surface area contributed by atoms with Crippen molar-refractivity contribution in [2.24, 2.45) is 0 Å². The lowest BCUT2D eigenvalue weighted by Gasteiger charge is -2.40. The molecule has 1 saturated heterocycles. The summed E-state index contributed by atoms with van der Waals surface area (Å²) in [5.41, 5.74) is 11.6. The molecule has 0 bridgehead atoms. The number of anilines is 1. The zero-order valence-corrected chi connectivity index (χ0v) is 23.1. The van der Waals surface area contributed by atoms with E-state index in [-0.39, 0.29) is 18.6 Å². The van der Waals surface area contributed by atoms with E-state index in [9.17, 15) is 9.90 Å². The van der Waals surface area contributed by atoms with Crippen molar-refractivity contribution in [3.63, 3.8) is 0 Å². The van der Waals surface area contributed by atoms with Gasteiger partial charge in [0.2, 0.25) is 0 Å². The number of para-hydroxylation sites is 1. The van der Waals surface area contributed by atoms with E-state index in [1.54, 1.807) is 6.20 Å². The van der Waals surface area contributed by atoms with E-state index < -0.39 is 5.97 Å². The predicted octanol–water partition coefficient (Wildman–Crippen LogP) is 5.70. The third-order valence-corrected chi connectivity index (χ3v) is 8.48. The molecule has 0 saturated carbocycles. The van der Waals surface area contributed by atoms with Gasteiger partial charge < -0.3 is 15.6 Å². The highest BCUT2D eigenvalue weighted by Gasteiger charge is 2.38. The highest BCUT2D eigenvalue weighted by molar-refractivity contribution is 6.01. The molecule has 6 rings (SSSR count). The smallest absolute Gasteiger partial charge is 0.307 e. The summed E-state index contributed by atoms with van der Waals surface area (Å²) in [4.78, 5) is 20.9. The van der Waals surface area contributed by atoms with E-state index in [1.165, 1.54) is 5.56 Å². The first-order valence-corrected chi connectivity index (χ1v) is 14.1. The van der Waals surface area contributed by atoms with Crippen molar-refractivity contribution in [2.45, 2.75) is 44.9 Å². The normalized spacial score (nSPS) is 19.7. The second kappa shape index (κ2) is 10.9. The second-order valence-corrected chi connectivity index (χ2v) is 11.1. The Balaban J connectivity index is 1.39. The standard InChI is InChI=1S/C33H36N4O3/c1-21(2)36-14-16-37(17-15-36)29-20-31(40-30-9-4-3-6-23(30)19-32(38)39)28-18-22(10-11-26(28)29)24-7-5-8-27-25(24)12-13-35-33(27)34/h3-13,18,21,29,31H,14-17,19-20H2,1-2H3,(H2,34,35)(H,38,39). The quantitative estimate of drug-likeness (QED) is 0.313. The average Bonchev–Trinajstić information content (AvgIpc) is 3.31. The lowest BCUT2D eigenvalue weighted by Crippen LogP contribution is -2.49. The molecule has 2 heterocycles. The highest BCUT2D eigenvalue weighted by atomic mass is 16.5. The molecule has 2 aliphatic rings. The van der Waals surface area contributed by atoms with Gasteiger partial charge in [-0.15, -0.1) is 0 Å². The molecule has 2 atom stereocenters. The maximum atomic E-state index is 11.5. The molecular formula is C33H36N4O3. The number of carbonyl (C=O) groups is 1. The molecule has 3 N–H and O–H groups in total. The molecule has 206 valence electrons. The minimum Gasteiger partial charge on any atom is -0.485 e. The first-order valence-electron chi connectivity index (χ1n) is 14.1. The van der Waals surface area contributed by atoms with Crippen molar-refractivity contribution in [3.8, 4) is 16.9 Å². The first-order chi connectivity index (χ1) is 19.4. The van der Waals surface area contributed by atoms with Crippen LogP contribution in [0.25, 0.3) is 21.9 Å². The maximum Gasteiger partial charge on any atom is 0.307 e. The van der Waals surface area contributed by atoms with Crippen LogP contribution in [-0.4, -0.2) is 58.1 Å². The van der Waals surface area contributed by atoms with E-state index in [0.29, 0.717) is 23.2 Å². The van der Waals surface area contributed by atoms with Crippen LogP contribution in [0.5, 0.6) is 5.75 Å². The lowest BCUT2D eigenvalue weighted by molar-refractivity contribution is -0.136. The molecule has 1 fully saturated rings. The fourth-order valence-corrected chi connectivity index (χ4v) is 6.37. The van der Waals surface area contributed by atoms with Gasteiger partial charge in [0.05, 0.1) is 6.42 Å². The number of nitrogen functional groups attached to an aromatic ring is 1. The van der Waals surface area contributed by atoms with Crippen LogP contribution in [0.1, 0.15) is 49.1 Å². The Kier molecular flexibility index (Phi) is 7.17. The van der Waals surface area contributed by atoms with Gasteiger partial charge in [-0.1, -0.05) is 48.5 Å². The molecule has 0 amide bonds. The van der Waals surface area contributed by atoms with Crippen LogP contribution in [-0.2, 0) is 11.2 Å². The Labute approximate surface area is 235 Å². The summed E-state index contributed by atoms with van der Waals surface area (Å²) in [5, 5.41) is 11.5. The summed E-state index contributed by atoms with van der Waals surface area (Å²) in [6.07, 6.45) is 2.34. The molecule has 40 heavy (non-hydrogen) atoms. The summed E-state index contributed by atoms with van der Waals surface area (Å²) < 4.78 is 6.68. The number of pyridine rings is 1. The molecule has 7 nitrogen and oxygen atoms in total. The zero-order chi connectivity index (χ0) is 27.8. The fourth-order valence-electron chi connectivity index (χ4n) is 6.37. The van der Waals surface area contributed by atoms with Crippen molar-refractivity contribution in [1.29, 1.82) is 0 Å². The molecule has 1 aliphatic carbocycles. The Bertz CT molecular complexity index is 1540. The molecule has 1 aliphatic heterocycles. The van der Waals surface area contributed by atoms with Crippen molar-refractivity contribution >= 4 is 22.6 Å². The van der Waals surface area contributed by atoms with Gasteiger partial charge in [0.25, 0.3) is 0 Å². The molecule has 2 unspecified atom stereocenters. The number of rotatable bonds is 7. The van der Waals surface area contributed by atoms with Crippen LogP contribution in [0.15, 0.2) is 72.9 Å². The summed E-state index contributed by atoms with van der Waals surface area (Å²) in [6, 6.07) is 23.2. The van der Waals surface area contributed by atoms with E-state index >= 15 is 0 Å². The van der Waals surface area contributed by atoms with Gasteiger partial charge in [-0.05, 0) is 59.7 Å². The number of hydrogen-bond donors (Lipinski definition) is 2. The molecule has 7 heteroatoms. The van der Waals surface area contributed by atoms with Gasteiger partial charge in [0, 0.05) is 61.8 Å². The Morgan fingerprint density at radius 3 is 2.58 bits per heavy atom. The molecule has 0 spiro atoms. The topological polar surface area (TPSA) is 91.9 Å². The highest BCUT2D eigenvalue weighted by Crippen LogP contribution is 2.47. The number of nitrogens with zero attached hydrogens (tertiary/aromatic N) is 3. The minimum absolute atomic E-state index is 0.0676. The number of nitrogens with two attached hydrogens (primary N) is 1. The summed E-state index contributed by atoms with van der Waals surface area (Å²) in [7, 11) is 0. The van der Waals surface area contributed by atoms with Crippen LogP contribution in [0, 0.1) is 0 Å². The fraction of sp³-hybridized carbons (Fsp3) is 0.333. The van der Waals surface area contributed by atoms with Crippen LogP contribution >= 0.6 is 0 Å². The number of hydrogen-bond acceptors (Lipinski definition) is 6. The average molecular weight is 537 g/mol. The van der Waals surface area contributed by atoms with Gasteiger partial charge in [0.1, 0.15) is 17.7 Å². The Morgan fingerprint density at radius 1 is 1.00 bits per heavy atom. The van der Waals surface area contributed by atoms with Crippen LogP contribution < -0.4 is 10.5 Å². The van der Waals surface area contributed by atoms with Crippen LogP contribution in [0.2, 0.25) is 0 Å². The van der Waals surface area contributed by atoms with Crippen molar-refractivity contribution in [2.75, 3.05) is 31.9 Å². The first kappa shape index (κ1) is 26.3. The van der Waals surface area contributed by atoms with E-state index in [1.807, 2.05) is 42.5 Å². The van der Waals surface area contributed by atoms with Gasteiger partial charge in [0.15, 0.2) is 0 Å². The minimum atomic E-state index is -0.865. The van der Waals surface area contributed by atoms with Gasteiger partial charge in [-0.2, -0.15) is 0 Å². The van der Waals surface area contributed by atoms with Gasteiger partial charge in [-0.25, -0.2) is 4.98 Å². The molecule has 3 aromatic carbocycles. The monoisotopic (exact) mass is 536 g/mol. The molecule has 4 aromatic rings. The summed E-state index contributed by atoms with van der Waals surface area (Å²) in [6.45, 7) is 8.67. The molecule has 0 radical (unpaired) electrons. The van der Waals surface area contributed by atoms with E-state index in [4.69, 9.17) is 10.5 Å².